The number of benzene rings is 1. The highest BCUT2D eigenvalue weighted by atomic mass is 32.2. The summed E-state index contributed by atoms with van der Waals surface area (Å²) < 4.78 is 32.2. The molecule has 0 amide bonds. The van der Waals surface area contributed by atoms with Gasteiger partial charge in [-0.3, -0.25) is 0 Å². The lowest BCUT2D eigenvalue weighted by atomic mass is 9.86. The zero-order valence-corrected chi connectivity index (χ0v) is 13.7. The molecule has 5 nitrogen and oxygen atoms in total. The van der Waals surface area contributed by atoms with Crippen molar-refractivity contribution in [3.63, 3.8) is 0 Å². The molecular weight excluding hydrogens is 302 g/mol. The Morgan fingerprint density at radius 1 is 1.32 bits per heavy atom. The van der Waals surface area contributed by atoms with Crippen LogP contribution in [0.3, 0.4) is 0 Å². The van der Waals surface area contributed by atoms with Gasteiger partial charge < -0.3 is 4.74 Å². The van der Waals surface area contributed by atoms with Gasteiger partial charge in [0.25, 0.3) is 0 Å². The van der Waals surface area contributed by atoms with Crippen LogP contribution in [-0.2, 0) is 20.4 Å². The Kier molecular flexibility index (Phi) is 3.77. The average molecular weight is 323 g/mol. The lowest BCUT2D eigenvalue weighted by Gasteiger charge is -2.39. The first-order chi connectivity index (χ1) is 10.3. The van der Waals surface area contributed by atoms with E-state index in [1.807, 2.05) is 26.0 Å². The van der Waals surface area contributed by atoms with Gasteiger partial charge in [0.15, 0.2) is 5.60 Å². The monoisotopic (exact) mass is 323 g/mol. The van der Waals surface area contributed by atoms with Crippen LogP contribution in [0.5, 0.6) is 0 Å². The molecule has 0 bridgehead atoms. The number of sulfonamides is 1. The van der Waals surface area contributed by atoms with Crippen LogP contribution < -0.4 is 0 Å². The van der Waals surface area contributed by atoms with Crippen LogP contribution in [0.25, 0.3) is 0 Å². The summed E-state index contributed by atoms with van der Waals surface area (Å²) in [6.45, 7) is 4.51. The number of piperidine rings is 1. The van der Waals surface area contributed by atoms with Crippen molar-refractivity contribution in [2.24, 2.45) is 5.92 Å². The van der Waals surface area contributed by atoms with Crippen LogP contribution in [-0.4, -0.2) is 37.5 Å². The fraction of sp³-hybridized carbons (Fsp3) is 0.562. The van der Waals surface area contributed by atoms with Gasteiger partial charge in [-0.2, -0.15) is 4.31 Å². The molecule has 1 aromatic carbocycles. The molecule has 0 aromatic heterocycles. The van der Waals surface area contributed by atoms with Gasteiger partial charge in [0.05, 0.1) is 17.9 Å². The third kappa shape index (κ3) is 2.54. The summed E-state index contributed by atoms with van der Waals surface area (Å²) in [5, 5.41) is 0. The van der Waals surface area contributed by atoms with Crippen molar-refractivity contribution in [3.05, 3.63) is 35.4 Å². The lowest BCUT2D eigenvalue weighted by Crippen LogP contribution is -2.49. The van der Waals surface area contributed by atoms with Crippen LogP contribution in [0.4, 0.5) is 0 Å². The Morgan fingerprint density at radius 3 is 2.77 bits per heavy atom. The molecular formula is C16H21NO4S. The highest BCUT2D eigenvalue weighted by molar-refractivity contribution is 7.89. The molecule has 2 aliphatic heterocycles. The fourth-order valence-corrected chi connectivity index (χ4v) is 5.26. The van der Waals surface area contributed by atoms with E-state index in [1.54, 1.807) is 12.1 Å². The summed E-state index contributed by atoms with van der Waals surface area (Å²) in [5.74, 6) is -0.154. The molecule has 2 heterocycles. The summed E-state index contributed by atoms with van der Waals surface area (Å²) in [5.41, 5.74) is 0.575. The molecule has 1 aromatic rings. The molecule has 1 unspecified atom stereocenters. The van der Waals surface area contributed by atoms with Crippen LogP contribution in [0, 0.1) is 5.92 Å². The van der Waals surface area contributed by atoms with Crippen molar-refractivity contribution in [2.45, 2.75) is 32.3 Å². The molecule has 120 valence electrons. The minimum atomic E-state index is -3.32. The van der Waals surface area contributed by atoms with Crippen LogP contribution in [0.15, 0.2) is 24.3 Å². The molecule has 2 aliphatic rings. The number of hydrogen-bond donors (Lipinski definition) is 0. The largest absolute Gasteiger partial charge is 0.449 e. The number of fused-ring (bicyclic) bond motifs is 2. The SMILES string of the molecule is CC(C)CS(=O)(=O)N1CCCC2(C1)OC(=O)c1ccccc12. The number of carbonyl (C=O) groups is 1. The van der Waals surface area contributed by atoms with E-state index in [-0.39, 0.29) is 24.2 Å². The van der Waals surface area contributed by atoms with Crippen molar-refractivity contribution in [3.8, 4) is 0 Å². The van der Waals surface area contributed by atoms with Gasteiger partial charge in [0.2, 0.25) is 10.0 Å². The fourth-order valence-electron chi connectivity index (χ4n) is 3.40. The Labute approximate surface area is 131 Å². The van der Waals surface area contributed by atoms with Gasteiger partial charge in [-0.1, -0.05) is 32.0 Å². The number of ether oxygens (including phenoxy) is 1. The average Bonchev–Trinajstić information content (AvgIpc) is 2.71. The van der Waals surface area contributed by atoms with E-state index < -0.39 is 15.6 Å². The van der Waals surface area contributed by atoms with E-state index in [2.05, 4.69) is 0 Å². The van der Waals surface area contributed by atoms with Crippen molar-refractivity contribution in [1.29, 1.82) is 0 Å². The first-order valence-corrected chi connectivity index (χ1v) is 9.26. The van der Waals surface area contributed by atoms with E-state index in [0.717, 1.165) is 5.56 Å². The Balaban J connectivity index is 1.93. The summed E-state index contributed by atoms with van der Waals surface area (Å²) in [7, 11) is -3.32. The Morgan fingerprint density at radius 2 is 2.05 bits per heavy atom. The van der Waals surface area contributed by atoms with Crippen LogP contribution >= 0.6 is 0 Å². The van der Waals surface area contributed by atoms with E-state index in [1.165, 1.54) is 4.31 Å². The molecule has 0 N–H and O–H groups in total. The number of rotatable bonds is 3. The third-order valence-electron chi connectivity index (χ3n) is 4.28. The van der Waals surface area contributed by atoms with Gasteiger partial charge in [-0.25, -0.2) is 13.2 Å². The predicted molar refractivity (Wildman–Crippen MR) is 83.0 cm³/mol. The van der Waals surface area contributed by atoms with Gasteiger partial charge in [-0.15, -0.1) is 0 Å². The number of esters is 1. The number of hydrogen-bond acceptors (Lipinski definition) is 4. The number of nitrogens with zero attached hydrogens (tertiary/aromatic N) is 1. The second-order valence-electron chi connectivity index (χ2n) is 6.54. The topological polar surface area (TPSA) is 63.7 Å². The van der Waals surface area contributed by atoms with Gasteiger partial charge in [-0.05, 0) is 24.8 Å². The summed E-state index contributed by atoms with van der Waals surface area (Å²) in [6.07, 6.45) is 1.36. The van der Waals surface area contributed by atoms with Crippen LogP contribution in [0.2, 0.25) is 0 Å². The zero-order valence-electron chi connectivity index (χ0n) is 12.9. The maximum absolute atomic E-state index is 12.5. The summed E-state index contributed by atoms with van der Waals surface area (Å²) in [6, 6.07) is 7.28. The minimum Gasteiger partial charge on any atom is -0.449 e. The van der Waals surface area contributed by atoms with Crippen LogP contribution in [0.1, 0.15) is 42.6 Å². The van der Waals surface area contributed by atoms with E-state index in [0.29, 0.717) is 24.9 Å². The molecule has 1 atom stereocenters. The molecule has 3 rings (SSSR count). The predicted octanol–water partition coefficient (Wildman–Crippen LogP) is 2.13. The highest BCUT2D eigenvalue weighted by Crippen LogP contribution is 2.43. The smallest absolute Gasteiger partial charge is 0.339 e. The molecule has 0 radical (unpaired) electrons. The number of carbonyl (C=O) groups excluding carboxylic acids is 1. The normalized spacial score (nSPS) is 25.5. The first kappa shape index (κ1) is 15.5. The molecule has 0 saturated carbocycles. The maximum atomic E-state index is 12.5. The molecule has 1 spiro atoms. The van der Waals surface area contributed by atoms with Gasteiger partial charge in [0.1, 0.15) is 0 Å². The molecule has 0 aliphatic carbocycles. The first-order valence-electron chi connectivity index (χ1n) is 7.65. The highest BCUT2D eigenvalue weighted by Gasteiger charge is 2.49. The van der Waals surface area contributed by atoms with E-state index >= 15 is 0 Å². The second-order valence-corrected chi connectivity index (χ2v) is 8.55. The third-order valence-corrected chi connectivity index (χ3v) is 6.47. The Hall–Kier alpha value is -1.40. The van der Waals surface area contributed by atoms with Crippen molar-refractivity contribution in [1.82, 2.24) is 4.31 Å². The van der Waals surface area contributed by atoms with Gasteiger partial charge >= 0.3 is 5.97 Å². The molecule has 1 saturated heterocycles. The molecule has 22 heavy (non-hydrogen) atoms. The summed E-state index contributed by atoms with van der Waals surface area (Å²) in [4.78, 5) is 12.1. The standard InChI is InChI=1S/C16H21NO4S/c1-12(2)10-22(19,20)17-9-5-8-16(11-17)14-7-4-3-6-13(14)15(18)21-16/h3-4,6-7,12H,5,8-11H2,1-2H3. The second kappa shape index (κ2) is 5.35. The minimum absolute atomic E-state index is 0.0706. The maximum Gasteiger partial charge on any atom is 0.339 e. The molecule has 6 heteroatoms. The van der Waals surface area contributed by atoms with Crippen molar-refractivity contribution < 1.29 is 17.9 Å². The van der Waals surface area contributed by atoms with E-state index in [4.69, 9.17) is 4.74 Å². The molecule has 1 fully saturated rings. The van der Waals surface area contributed by atoms with E-state index in [9.17, 15) is 13.2 Å². The lowest BCUT2D eigenvalue weighted by molar-refractivity contribution is -0.0345. The van der Waals surface area contributed by atoms with Crippen molar-refractivity contribution >= 4 is 16.0 Å². The quantitative estimate of drug-likeness (QED) is 0.800. The zero-order chi connectivity index (χ0) is 16.0. The van der Waals surface area contributed by atoms with Crippen molar-refractivity contribution in [2.75, 3.05) is 18.8 Å². The Bertz CT molecular complexity index is 698. The van der Waals surface area contributed by atoms with Gasteiger partial charge in [0, 0.05) is 12.1 Å². The summed E-state index contributed by atoms with van der Waals surface area (Å²) >= 11 is 0.